The second-order valence-corrected chi connectivity index (χ2v) is 7.06. The largest absolute Gasteiger partial charge is 0.388 e. The van der Waals surface area contributed by atoms with Crippen LogP contribution in [0.5, 0.6) is 0 Å². The summed E-state index contributed by atoms with van der Waals surface area (Å²) in [5.74, 6) is 0.926. The molecule has 1 aliphatic heterocycles. The van der Waals surface area contributed by atoms with E-state index in [0.717, 1.165) is 24.1 Å². The molecule has 1 aliphatic carbocycles. The van der Waals surface area contributed by atoms with Crippen molar-refractivity contribution in [2.45, 2.75) is 45.3 Å². The maximum Gasteiger partial charge on any atom is 0.0853 e. The van der Waals surface area contributed by atoms with Crippen LogP contribution in [0.25, 0.3) is 0 Å². The standard InChI is InChI=1S/C17H25NO/c1-17(2,16(19)14-6-4-3-5-7-14)12-18-11-13-8-9-15(18)10-13/h3-7,13,15-16,19H,8-12H2,1-2H3. The smallest absolute Gasteiger partial charge is 0.0853 e. The van der Waals surface area contributed by atoms with E-state index in [1.54, 1.807) is 0 Å². The molecule has 1 aromatic carbocycles. The average Bonchev–Trinajstić information content (AvgIpc) is 3.00. The third-order valence-corrected chi connectivity index (χ3v) is 4.99. The van der Waals surface area contributed by atoms with E-state index in [1.807, 2.05) is 30.3 Å². The van der Waals surface area contributed by atoms with E-state index >= 15 is 0 Å². The predicted octanol–water partition coefficient (Wildman–Crippen LogP) is 3.23. The first-order chi connectivity index (χ1) is 9.06. The number of nitrogens with zero attached hydrogens (tertiary/aromatic N) is 1. The molecule has 19 heavy (non-hydrogen) atoms. The topological polar surface area (TPSA) is 23.5 Å². The molecular weight excluding hydrogens is 234 g/mol. The zero-order valence-corrected chi connectivity index (χ0v) is 12.0. The summed E-state index contributed by atoms with van der Waals surface area (Å²) in [5.41, 5.74) is 0.947. The predicted molar refractivity (Wildman–Crippen MR) is 77.9 cm³/mol. The van der Waals surface area contributed by atoms with E-state index in [-0.39, 0.29) is 11.5 Å². The fraction of sp³-hybridized carbons (Fsp3) is 0.647. The molecule has 1 saturated carbocycles. The van der Waals surface area contributed by atoms with Gasteiger partial charge in [-0.3, -0.25) is 4.90 Å². The summed E-state index contributed by atoms with van der Waals surface area (Å²) in [6.45, 7) is 6.63. The molecule has 0 radical (unpaired) electrons. The molecule has 1 heterocycles. The van der Waals surface area contributed by atoms with Crippen molar-refractivity contribution in [2.75, 3.05) is 13.1 Å². The first kappa shape index (κ1) is 13.1. The number of benzene rings is 1. The zero-order chi connectivity index (χ0) is 13.5. The molecule has 1 aromatic rings. The van der Waals surface area contributed by atoms with Gasteiger partial charge in [-0.2, -0.15) is 0 Å². The molecule has 2 fully saturated rings. The number of rotatable bonds is 4. The Bertz CT molecular complexity index is 428. The maximum absolute atomic E-state index is 10.7. The van der Waals surface area contributed by atoms with Crippen molar-refractivity contribution in [3.63, 3.8) is 0 Å². The van der Waals surface area contributed by atoms with Crippen molar-refractivity contribution < 1.29 is 5.11 Å². The van der Waals surface area contributed by atoms with Gasteiger partial charge in [0.1, 0.15) is 0 Å². The maximum atomic E-state index is 10.7. The number of piperidine rings is 1. The third kappa shape index (κ3) is 2.56. The molecule has 2 nitrogen and oxygen atoms in total. The van der Waals surface area contributed by atoms with E-state index in [2.05, 4.69) is 18.7 Å². The average molecular weight is 259 g/mol. The quantitative estimate of drug-likeness (QED) is 0.897. The summed E-state index contributed by atoms with van der Waals surface area (Å²) < 4.78 is 0. The van der Waals surface area contributed by atoms with Crippen molar-refractivity contribution in [3.8, 4) is 0 Å². The molecule has 2 heteroatoms. The summed E-state index contributed by atoms with van der Waals surface area (Å²) in [7, 11) is 0. The fourth-order valence-corrected chi connectivity index (χ4v) is 3.92. The molecule has 3 unspecified atom stereocenters. The van der Waals surface area contributed by atoms with Crippen LogP contribution in [0.4, 0.5) is 0 Å². The monoisotopic (exact) mass is 259 g/mol. The van der Waals surface area contributed by atoms with Crippen LogP contribution in [0.1, 0.15) is 44.8 Å². The van der Waals surface area contributed by atoms with Crippen molar-refractivity contribution >= 4 is 0 Å². The Morgan fingerprint density at radius 3 is 2.58 bits per heavy atom. The lowest BCUT2D eigenvalue weighted by Gasteiger charge is -2.38. The summed E-state index contributed by atoms with van der Waals surface area (Å²) in [6.07, 6.45) is 3.79. The van der Waals surface area contributed by atoms with E-state index in [9.17, 15) is 5.11 Å². The Morgan fingerprint density at radius 1 is 1.26 bits per heavy atom. The van der Waals surface area contributed by atoms with Gasteiger partial charge in [0.25, 0.3) is 0 Å². The Balaban J connectivity index is 1.68. The van der Waals surface area contributed by atoms with Crippen molar-refractivity contribution in [2.24, 2.45) is 11.3 Å². The molecule has 2 bridgehead atoms. The molecule has 104 valence electrons. The van der Waals surface area contributed by atoms with Crippen LogP contribution in [0.2, 0.25) is 0 Å². The third-order valence-electron chi connectivity index (χ3n) is 4.99. The minimum absolute atomic E-state index is 0.0914. The van der Waals surface area contributed by atoms with Crippen molar-refractivity contribution in [1.82, 2.24) is 4.90 Å². The van der Waals surface area contributed by atoms with Gasteiger partial charge >= 0.3 is 0 Å². The van der Waals surface area contributed by atoms with Crippen LogP contribution in [0.15, 0.2) is 30.3 Å². The first-order valence-corrected chi connectivity index (χ1v) is 7.53. The van der Waals surface area contributed by atoms with Gasteiger partial charge < -0.3 is 5.11 Å². The lowest BCUT2D eigenvalue weighted by molar-refractivity contribution is 0.0128. The van der Waals surface area contributed by atoms with Crippen LogP contribution in [-0.4, -0.2) is 29.1 Å². The number of hydrogen-bond acceptors (Lipinski definition) is 2. The fourth-order valence-electron chi connectivity index (χ4n) is 3.92. The van der Waals surface area contributed by atoms with E-state index in [4.69, 9.17) is 0 Å². The Labute approximate surface area is 116 Å². The van der Waals surface area contributed by atoms with Gasteiger partial charge in [0.05, 0.1) is 6.10 Å². The molecule has 1 N–H and O–H groups in total. The van der Waals surface area contributed by atoms with Crippen LogP contribution >= 0.6 is 0 Å². The second kappa shape index (κ2) is 4.92. The van der Waals surface area contributed by atoms with Crippen LogP contribution in [0, 0.1) is 11.3 Å². The van der Waals surface area contributed by atoms with Gasteiger partial charge in [0.2, 0.25) is 0 Å². The summed E-state index contributed by atoms with van der Waals surface area (Å²) in [4.78, 5) is 2.61. The van der Waals surface area contributed by atoms with Crippen LogP contribution < -0.4 is 0 Å². The molecule has 3 rings (SSSR count). The highest BCUT2D eigenvalue weighted by molar-refractivity contribution is 5.19. The van der Waals surface area contributed by atoms with Gasteiger partial charge in [-0.05, 0) is 30.7 Å². The molecule has 0 aromatic heterocycles. The van der Waals surface area contributed by atoms with Crippen LogP contribution in [-0.2, 0) is 0 Å². The zero-order valence-electron chi connectivity index (χ0n) is 12.0. The highest BCUT2D eigenvalue weighted by Gasteiger charge is 2.41. The van der Waals surface area contributed by atoms with E-state index in [1.165, 1.54) is 25.8 Å². The molecular formula is C17H25NO. The minimum atomic E-state index is -0.382. The van der Waals surface area contributed by atoms with E-state index < -0.39 is 0 Å². The Morgan fingerprint density at radius 2 is 2.00 bits per heavy atom. The normalized spacial score (nSPS) is 28.8. The van der Waals surface area contributed by atoms with Gasteiger partial charge in [-0.1, -0.05) is 44.2 Å². The first-order valence-electron chi connectivity index (χ1n) is 7.53. The van der Waals surface area contributed by atoms with Crippen molar-refractivity contribution in [3.05, 3.63) is 35.9 Å². The Hall–Kier alpha value is -0.860. The minimum Gasteiger partial charge on any atom is -0.388 e. The Kier molecular flexibility index (Phi) is 3.40. The summed E-state index contributed by atoms with van der Waals surface area (Å²) in [5, 5.41) is 10.7. The number of likely N-dealkylation sites (tertiary alicyclic amines) is 1. The molecule has 2 aliphatic rings. The number of aliphatic hydroxyl groups excluding tert-OH is 1. The SMILES string of the molecule is CC(C)(CN1CC2CCC1C2)C(O)c1ccccc1. The second-order valence-electron chi connectivity index (χ2n) is 7.06. The molecule has 0 amide bonds. The number of fused-ring (bicyclic) bond motifs is 2. The number of aliphatic hydroxyl groups is 1. The van der Waals surface area contributed by atoms with Gasteiger partial charge in [-0.25, -0.2) is 0 Å². The highest BCUT2D eigenvalue weighted by Crippen LogP contribution is 2.41. The molecule has 1 saturated heterocycles. The van der Waals surface area contributed by atoms with Crippen molar-refractivity contribution in [1.29, 1.82) is 0 Å². The summed E-state index contributed by atoms with van der Waals surface area (Å²) >= 11 is 0. The lowest BCUT2D eigenvalue weighted by Crippen LogP contribution is -2.42. The summed E-state index contributed by atoms with van der Waals surface area (Å²) in [6, 6.07) is 10.9. The van der Waals surface area contributed by atoms with Crippen LogP contribution in [0.3, 0.4) is 0 Å². The highest BCUT2D eigenvalue weighted by atomic mass is 16.3. The van der Waals surface area contributed by atoms with E-state index in [0.29, 0.717) is 0 Å². The van der Waals surface area contributed by atoms with Gasteiger partial charge in [-0.15, -0.1) is 0 Å². The van der Waals surface area contributed by atoms with Gasteiger partial charge in [0.15, 0.2) is 0 Å². The molecule has 3 atom stereocenters. The van der Waals surface area contributed by atoms with Gasteiger partial charge in [0, 0.05) is 24.5 Å². The number of hydrogen-bond donors (Lipinski definition) is 1. The molecule has 0 spiro atoms. The lowest BCUT2D eigenvalue weighted by atomic mass is 9.81.